The summed E-state index contributed by atoms with van der Waals surface area (Å²) >= 11 is 0. The van der Waals surface area contributed by atoms with Gasteiger partial charge in [0.05, 0.1) is 12.3 Å². The van der Waals surface area contributed by atoms with Crippen molar-refractivity contribution in [1.29, 1.82) is 5.53 Å². The van der Waals surface area contributed by atoms with Gasteiger partial charge in [-0.3, -0.25) is 0 Å². The molecular weight excluding hydrogens is 360 g/mol. The number of rotatable bonds is 10. The average molecular weight is 379 g/mol. The maximum atomic E-state index is 12.4. The largest absolute Gasteiger partial charge is 0.457 e. The Bertz CT molecular complexity index is 802. The molecule has 2 rings (SSSR count). The molecule has 0 spiro atoms. The zero-order valence-electron chi connectivity index (χ0n) is 14.8. The summed E-state index contributed by atoms with van der Waals surface area (Å²) in [7, 11) is 1.55. The number of alkyl halides is 2. The van der Waals surface area contributed by atoms with E-state index in [4.69, 9.17) is 15.0 Å². The molecule has 27 heavy (non-hydrogen) atoms. The second-order valence-electron chi connectivity index (χ2n) is 5.30. The molecule has 0 bridgehead atoms. The topological polar surface area (TPSA) is 102 Å². The van der Waals surface area contributed by atoms with Crippen LogP contribution in [0.5, 0.6) is 11.8 Å². The van der Waals surface area contributed by atoms with Gasteiger partial charge in [-0.15, -0.1) is 0 Å². The number of aryl methyl sites for hydroxylation is 1. The van der Waals surface area contributed by atoms with Crippen LogP contribution in [0.3, 0.4) is 0 Å². The van der Waals surface area contributed by atoms with Crippen molar-refractivity contribution in [2.24, 2.45) is 5.11 Å². The molecule has 1 aromatic heterocycles. The van der Waals surface area contributed by atoms with Crippen LogP contribution >= 0.6 is 0 Å². The standard InChI is InChI=1S/C17H19F2N5O3/c1-11-3-4-12(7-15(11)27-16(18)19)22-8-14(24-20)10-26-17-21-6-5-13(23-17)9-25-2/h3-8,16,20,22H,9-10H2,1-2H3/b14-8-,24-20?. The first kappa shape index (κ1) is 20.2. The molecule has 0 unspecified atom stereocenters. The van der Waals surface area contributed by atoms with Gasteiger partial charge in [0.15, 0.2) is 0 Å². The van der Waals surface area contributed by atoms with Gasteiger partial charge in [0.25, 0.3) is 0 Å². The summed E-state index contributed by atoms with van der Waals surface area (Å²) in [5.41, 5.74) is 9.19. The number of ether oxygens (including phenoxy) is 3. The highest BCUT2D eigenvalue weighted by Gasteiger charge is 2.08. The SMILES string of the molecule is COCc1ccnc(OC/C(=C/Nc2ccc(C)c(OC(F)F)c2)N=N)n1. The predicted octanol–water partition coefficient (Wildman–Crippen LogP) is 3.90. The van der Waals surface area contributed by atoms with E-state index >= 15 is 0 Å². The van der Waals surface area contributed by atoms with Crippen molar-refractivity contribution in [2.45, 2.75) is 20.1 Å². The molecule has 1 aromatic carbocycles. The molecule has 0 aliphatic heterocycles. The van der Waals surface area contributed by atoms with Gasteiger partial charge in [0.1, 0.15) is 18.1 Å². The molecule has 1 heterocycles. The van der Waals surface area contributed by atoms with E-state index in [1.165, 1.54) is 18.5 Å². The monoisotopic (exact) mass is 379 g/mol. The average Bonchev–Trinajstić information content (AvgIpc) is 2.64. The van der Waals surface area contributed by atoms with Crippen molar-refractivity contribution in [1.82, 2.24) is 9.97 Å². The predicted molar refractivity (Wildman–Crippen MR) is 92.9 cm³/mol. The molecule has 2 aromatic rings. The second kappa shape index (κ2) is 10.1. The Morgan fingerprint density at radius 2 is 2.19 bits per heavy atom. The first-order chi connectivity index (χ1) is 13.0. The van der Waals surface area contributed by atoms with Crippen molar-refractivity contribution < 1.29 is 23.0 Å². The first-order valence-electron chi connectivity index (χ1n) is 7.84. The van der Waals surface area contributed by atoms with Crippen LogP contribution in [0.25, 0.3) is 0 Å². The Morgan fingerprint density at radius 3 is 2.89 bits per heavy atom. The van der Waals surface area contributed by atoms with Gasteiger partial charge in [-0.05, 0) is 24.6 Å². The lowest BCUT2D eigenvalue weighted by Crippen LogP contribution is -2.06. The molecule has 10 heteroatoms. The molecule has 0 amide bonds. The van der Waals surface area contributed by atoms with E-state index in [9.17, 15) is 8.78 Å². The van der Waals surface area contributed by atoms with Gasteiger partial charge in [0.2, 0.25) is 0 Å². The molecule has 0 atom stereocenters. The van der Waals surface area contributed by atoms with Gasteiger partial charge >= 0.3 is 12.6 Å². The number of nitrogens with zero attached hydrogens (tertiary/aromatic N) is 3. The Morgan fingerprint density at radius 1 is 1.37 bits per heavy atom. The molecule has 144 valence electrons. The van der Waals surface area contributed by atoms with Crippen molar-refractivity contribution >= 4 is 5.69 Å². The van der Waals surface area contributed by atoms with E-state index < -0.39 is 6.61 Å². The van der Waals surface area contributed by atoms with Crippen LogP contribution in [0.2, 0.25) is 0 Å². The van der Waals surface area contributed by atoms with Gasteiger partial charge in [-0.1, -0.05) is 6.07 Å². The van der Waals surface area contributed by atoms with Crippen molar-refractivity contribution in [3.8, 4) is 11.8 Å². The van der Waals surface area contributed by atoms with E-state index in [-0.39, 0.29) is 24.1 Å². The third kappa shape index (κ3) is 6.59. The van der Waals surface area contributed by atoms with Crippen LogP contribution in [-0.4, -0.2) is 30.3 Å². The van der Waals surface area contributed by atoms with Gasteiger partial charge in [-0.25, -0.2) is 10.5 Å². The minimum absolute atomic E-state index is 0.0564. The highest BCUT2D eigenvalue weighted by atomic mass is 19.3. The van der Waals surface area contributed by atoms with E-state index in [1.54, 1.807) is 32.2 Å². The maximum Gasteiger partial charge on any atom is 0.387 e. The van der Waals surface area contributed by atoms with Gasteiger partial charge < -0.3 is 19.5 Å². The molecule has 0 aliphatic carbocycles. The first-order valence-corrected chi connectivity index (χ1v) is 7.84. The minimum Gasteiger partial charge on any atom is -0.457 e. The number of aromatic nitrogens is 2. The van der Waals surface area contributed by atoms with E-state index in [2.05, 4.69) is 25.1 Å². The summed E-state index contributed by atoms with van der Waals surface area (Å²) in [6.07, 6.45) is 2.95. The fourth-order valence-electron chi connectivity index (χ4n) is 2.00. The van der Waals surface area contributed by atoms with Crippen LogP contribution in [0.4, 0.5) is 14.5 Å². The number of hydrogen-bond acceptors (Lipinski definition) is 8. The third-order valence-corrected chi connectivity index (χ3v) is 3.29. The summed E-state index contributed by atoms with van der Waals surface area (Å²) in [4.78, 5) is 8.11. The van der Waals surface area contributed by atoms with Gasteiger partial charge in [0, 0.05) is 31.3 Å². The minimum atomic E-state index is -2.91. The quantitative estimate of drug-likeness (QED) is 0.607. The number of hydrogen-bond donors (Lipinski definition) is 2. The molecule has 0 aliphatic rings. The van der Waals surface area contributed by atoms with Crippen LogP contribution in [-0.2, 0) is 11.3 Å². The van der Waals surface area contributed by atoms with Crippen LogP contribution < -0.4 is 14.8 Å². The molecular formula is C17H19F2N5O3. The molecule has 8 nitrogen and oxygen atoms in total. The number of nitrogens with one attached hydrogen (secondary N) is 2. The van der Waals surface area contributed by atoms with Crippen LogP contribution in [0.15, 0.2) is 47.5 Å². The maximum absolute atomic E-state index is 12.4. The highest BCUT2D eigenvalue weighted by molar-refractivity contribution is 5.53. The Kier molecular flexibility index (Phi) is 7.56. The van der Waals surface area contributed by atoms with Gasteiger partial charge in [-0.2, -0.15) is 18.9 Å². The molecule has 0 saturated heterocycles. The lowest BCUT2D eigenvalue weighted by atomic mass is 10.2. The highest BCUT2D eigenvalue weighted by Crippen LogP contribution is 2.24. The Balaban J connectivity index is 2.00. The summed E-state index contributed by atoms with van der Waals surface area (Å²) in [5.74, 6) is 0.0624. The third-order valence-electron chi connectivity index (χ3n) is 3.29. The summed E-state index contributed by atoms with van der Waals surface area (Å²) in [5, 5.41) is 6.22. The summed E-state index contributed by atoms with van der Waals surface area (Å²) < 4.78 is 39.7. The van der Waals surface area contributed by atoms with E-state index in [0.29, 0.717) is 23.6 Å². The van der Waals surface area contributed by atoms with Crippen LogP contribution in [0.1, 0.15) is 11.3 Å². The number of benzene rings is 1. The zero-order chi connectivity index (χ0) is 19.6. The fraction of sp³-hybridized carbons (Fsp3) is 0.294. The zero-order valence-corrected chi connectivity index (χ0v) is 14.8. The van der Waals surface area contributed by atoms with E-state index in [1.807, 2.05) is 0 Å². The molecule has 0 fully saturated rings. The van der Waals surface area contributed by atoms with Crippen molar-refractivity contribution in [3.05, 3.63) is 53.6 Å². The number of anilines is 1. The normalized spacial score (nSPS) is 11.4. The lowest BCUT2D eigenvalue weighted by molar-refractivity contribution is -0.0502. The van der Waals surface area contributed by atoms with E-state index in [0.717, 1.165) is 0 Å². The van der Waals surface area contributed by atoms with Crippen molar-refractivity contribution in [3.63, 3.8) is 0 Å². The molecule has 2 N–H and O–H groups in total. The van der Waals surface area contributed by atoms with Crippen molar-refractivity contribution in [2.75, 3.05) is 19.0 Å². The Hall–Kier alpha value is -3.14. The summed E-state index contributed by atoms with van der Waals surface area (Å²) in [6.45, 7) is -0.981. The fourth-order valence-corrected chi connectivity index (χ4v) is 2.00. The molecule has 0 saturated carbocycles. The number of methoxy groups -OCH3 is 1. The van der Waals surface area contributed by atoms with Crippen LogP contribution in [0, 0.1) is 12.5 Å². The summed E-state index contributed by atoms with van der Waals surface area (Å²) in [6, 6.07) is 6.57. The lowest BCUT2D eigenvalue weighted by Gasteiger charge is -2.10. The number of halogens is 2. The second-order valence-corrected chi connectivity index (χ2v) is 5.30. The molecule has 0 radical (unpaired) electrons. The smallest absolute Gasteiger partial charge is 0.387 e. The Labute approximate surface area is 154 Å².